The average molecular weight is 361 g/mol. The fourth-order valence-corrected chi connectivity index (χ4v) is 2.57. The zero-order valence-electron chi connectivity index (χ0n) is 12.9. The molecule has 2 aromatic heterocycles. The highest BCUT2D eigenvalue weighted by Crippen LogP contribution is 2.34. The van der Waals surface area contributed by atoms with Crippen molar-refractivity contribution in [3.8, 4) is 28.3 Å². The van der Waals surface area contributed by atoms with Crippen LogP contribution in [0.15, 0.2) is 57.6 Å². The average Bonchev–Trinajstić information content (AvgIpc) is 3.20. The number of fused-ring (bicyclic) bond motifs is 1. The predicted molar refractivity (Wildman–Crippen MR) is 86.0 cm³/mol. The molecule has 6 nitrogen and oxygen atoms in total. The van der Waals surface area contributed by atoms with E-state index in [2.05, 4.69) is 14.9 Å². The largest absolute Gasteiger partial charge is 0.573 e. The number of rotatable bonds is 3. The lowest BCUT2D eigenvalue weighted by atomic mass is 10.0. The van der Waals surface area contributed by atoms with Gasteiger partial charge in [0.2, 0.25) is 5.89 Å². The monoisotopic (exact) mass is 361 g/mol. The maximum Gasteiger partial charge on any atom is 0.573 e. The number of hydrogen-bond donors (Lipinski definition) is 1. The fraction of sp³-hybridized carbons (Fsp3) is 0.0588. The van der Waals surface area contributed by atoms with Crippen LogP contribution in [0.3, 0.4) is 0 Å². The first kappa shape index (κ1) is 16.0. The van der Waals surface area contributed by atoms with Crippen molar-refractivity contribution in [1.29, 1.82) is 0 Å². The molecule has 2 aromatic carbocycles. The van der Waals surface area contributed by atoms with Crippen molar-refractivity contribution in [2.75, 3.05) is 5.73 Å². The van der Waals surface area contributed by atoms with Crippen LogP contribution < -0.4 is 10.5 Å². The van der Waals surface area contributed by atoms with Crippen molar-refractivity contribution in [2.45, 2.75) is 6.36 Å². The molecule has 0 saturated heterocycles. The van der Waals surface area contributed by atoms with Gasteiger partial charge in [0.15, 0.2) is 0 Å². The first-order chi connectivity index (χ1) is 12.4. The third-order valence-electron chi connectivity index (χ3n) is 3.66. The SMILES string of the molecule is Nc1nnc(-c2ccc3occ(-c4ccc(OC(F)(F)F)cc4)c3c2)o1. The summed E-state index contributed by atoms with van der Waals surface area (Å²) in [6.07, 6.45) is -3.21. The Kier molecular flexibility index (Phi) is 3.57. The molecule has 0 spiro atoms. The van der Waals surface area contributed by atoms with E-state index in [0.29, 0.717) is 22.3 Å². The van der Waals surface area contributed by atoms with E-state index in [-0.39, 0.29) is 17.7 Å². The number of hydrogen-bond acceptors (Lipinski definition) is 6. The van der Waals surface area contributed by atoms with Crippen LogP contribution in [0.25, 0.3) is 33.6 Å². The Bertz CT molecular complexity index is 1070. The van der Waals surface area contributed by atoms with E-state index < -0.39 is 6.36 Å². The van der Waals surface area contributed by atoms with E-state index >= 15 is 0 Å². The van der Waals surface area contributed by atoms with Gasteiger partial charge >= 0.3 is 12.4 Å². The zero-order valence-corrected chi connectivity index (χ0v) is 12.9. The van der Waals surface area contributed by atoms with Gasteiger partial charge in [-0.15, -0.1) is 18.3 Å². The molecular weight excluding hydrogens is 351 g/mol. The molecule has 0 radical (unpaired) electrons. The van der Waals surface area contributed by atoms with Crippen molar-refractivity contribution >= 4 is 17.0 Å². The summed E-state index contributed by atoms with van der Waals surface area (Å²) in [6.45, 7) is 0. The van der Waals surface area contributed by atoms with Gasteiger partial charge in [0.1, 0.15) is 11.3 Å². The van der Waals surface area contributed by atoms with Crippen LogP contribution in [0.4, 0.5) is 19.2 Å². The normalized spacial score (nSPS) is 11.8. The number of ether oxygens (including phenoxy) is 1. The standard InChI is InChI=1S/C17H10F3N3O3/c18-17(19,20)26-11-4-1-9(2-5-11)13-8-24-14-6-3-10(7-12(13)14)15-22-23-16(21)25-15/h1-8H,(H2,21,23). The lowest BCUT2D eigenvalue weighted by molar-refractivity contribution is -0.274. The number of nitrogens with zero attached hydrogens (tertiary/aromatic N) is 2. The van der Waals surface area contributed by atoms with E-state index in [1.807, 2.05) is 0 Å². The summed E-state index contributed by atoms with van der Waals surface area (Å²) in [4.78, 5) is 0. The molecule has 0 atom stereocenters. The van der Waals surface area contributed by atoms with Crippen molar-refractivity contribution < 1.29 is 26.7 Å². The molecule has 2 N–H and O–H groups in total. The Hall–Kier alpha value is -3.49. The Labute approximate surface area is 144 Å². The van der Waals surface area contributed by atoms with Gasteiger partial charge in [-0.3, -0.25) is 0 Å². The summed E-state index contributed by atoms with van der Waals surface area (Å²) in [7, 11) is 0. The second-order valence-corrected chi connectivity index (χ2v) is 5.38. The molecule has 132 valence electrons. The maximum absolute atomic E-state index is 12.3. The number of halogens is 3. The van der Waals surface area contributed by atoms with E-state index in [1.54, 1.807) is 18.2 Å². The van der Waals surface area contributed by atoms with E-state index in [1.165, 1.54) is 30.5 Å². The van der Waals surface area contributed by atoms with Gasteiger partial charge in [-0.2, -0.15) is 0 Å². The van der Waals surface area contributed by atoms with Crippen LogP contribution in [0.2, 0.25) is 0 Å². The molecule has 0 aliphatic carbocycles. The van der Waals surface area contributed by atoms with Crippen molar-refractivity contribution in [1.82, 2.24) is 10.2 Å². The number of nitrogens with two attached hydrogens (primary N) is 1. The number of nitrogen functional groups attached to an aromatic ring is 1. The highest BCUT2D eigenvalue weighted by molar-refractivity contribution is 5.96. The summed E-state index contributed by atoms with van der Waals surface area (Å²) in [5.74, 6) is -0.0402. The minimum atomic E-state index is -4.73. The number of furan rings is 1. The lowest BCUT2D eigenvalue weighted by Crippen LogP contribution is -2.16. The number of alkyl halides is 3. The van der Waals surface area contributed by atoms with Crippen LogP contribution in [0.5, 0.6) is 5.75 Å². The molecule has 0 unspecified atom stereocenters. The van der Waals surface area contributed by atoms with Crippen LogP contribution in [0.1, 0.15) is 0 Å². The van der Waals surface area contributed by atoms with Crippen LogP contribution in [0, 0.1) is 0 Å². The van der Waals surface area contributed by atoms with Gasteiger partial charge in [-0.25, -0.2) is 0 Å². The summed E-state index contributed by atoms with van der Waals surface area (Å²) >= 11 is 0. The van der Waals surface area contributed by atoms with Crippen LogP contribution in [-0.2, 0) is 0 Å². The van der Waals surface area contributed by atoms with Crippen molar-refractivity contribution in [3.05, 3.63) is 48.7 Å². The number of aromatic nitrogens is 2. The van der Waals surface area contributed by atoms with E-state index in [9.17, 15) is 13.2 Å². The molecule has 0 fully saturated rings. The summed E-state index contributed by atoms with van der Waals surface area (Å²) in [6, 6.07) is 10.7. The second kappa shape index (κ2) is 5.80. The molecule has 0 bridgehead atoms. The zero-order chi connectivity index (χ0) is 18.3. The molecule has 9 heteroatoms. The molecule has 4 aromatic rings. The maximum atomic E-state index is 12.3. The third-order valence-corrected chi connectivity index (χ3v) is 3.66. The Morgan fingerprint density at radius 3 is 2.35 bits per heavy atom. The van der Waals surface area contributed by atoms with Crippen molar-refractivity contribution in [3.63, 3.8) is 0 Å². The minimum Gasteiger partial charge on any atom is -0.464 e. The van der Waals surface area contributed by atoms with Gasteiger partial charge in [0.05, 0.1) is 6.26 Å². The predicted octanol–water partition coefficient (Wildman–Crippen LogP) is 4.63. The van der Waals surface area contributed by atoms with Gasteiger partial charge in [-0.05, 0) is 35.9 Å². The molecule has 2 heterocycles. The lowest BCUT2D eigenvalue weighted by Gasteiger charge is -2.09. The number of anilines is 1. The summed E-state index contributed by atoms with van der Waals surface area (Å²) in [5.41, 5.74) is 8.05. The molecule has 0 amide bonds. The van der Waals surface area contributed by atoms with E-state index in [0.717, 1.165) is 5.39 Å². The molecule has 0 aliphatic heterocycles. The van der Waals surface area contributed by atoms with Gasteiger partial charge in [0.25, 0.3) is 0 Å². The van der Waals surface area contributed by atoms with E-state index in [4.69, 9.17) is 14.6 Å². The fourth-order valence-electron chi connectivity index (χ4n) is 2.57. The van der Waals surface area contributed by atoms with Gasteiger partial charge < -0.3 is 19.3 Å². The first-order valence-corrected chi connectivity index (χ1v) is 7.36. The first-order valence-electron chi connectivity index (χ1n) is 7.36. The van der Waals surface area contributed by atoms with Crippen molar-refractivity contribution in [2.24, 2.45) is 0 Å². The molecular formula is C17H10F3N3O3. The summed E-state index contributed by atoms with van der Waals surface area (Å²) in [5, 5.41) is 8.18. The highest BCUT2D eigenvalue weighted by Gasteiger charge is 2.31. The smallest absolute Gasteiger partial charge is 0.464 e. The Morgan fingerprint density at radius 1 is 0.962 bits per heavy atom. The second-order valence-electron chi connectivity index (χ2n) is 5.38. The molecule has 0 saturated carbocycles. The Morgan fingerprint density at radius 2 is 1.69 bits per heavy atom. The molecule has 26 heavy (non-hydrogen) atoms. The quantitative estimate of drug-likeness (QED) is 0.572. The molecule has 4 rings (SSSR count). The third kappa shape index (κ3) is 3.06. The van der Waals surface area contributed by atoms with Gasteiger partial charge in [-0.1, -0.05) is 17.2 Å². The summed E-state index contributed by atoms with van der Waals surface area (Å²) < 4.78 is 51.4. The van der Waals surface area contributed by atoms with Gasteiger partial charge in [0, 0.05) is 16.5 Å². The minimum absolute atomic E-state index is 0.0484. The number of benzene rings is 2. The van der Waals surface area contributed by atoms with Crippen LogP contribution in [-0.4, -0.2) is 16.6 Å². The van der Waals surface area contributed by atoms with Crippen LogP contribution >= 0.6 is 0 Å². The highest BCUT2D eigenvalue weighted by atomic mass is 19.4. The Balaban J connectivity index is 1.72. The molecule has 0 aliphatic rings. The topological polar surface area (TPSA) is 87.3 Å².